The molecule has 0 radical (unpaired) electrons. The third-order valence-corrected chi connectivity index (χ3v) is 6.10. The number of nitrogens with two attached hydrogens (primary N) is 1. The van der Waals surface area contributed by atoms with Crippen LogP contribution in [0.4, 0.5) is 0 Å². The van der Waals surface area contributed by atoms with Crippen molar-refractivity contribution < 1.29 is 72.9 Å². The molecule has 1 fully saturated rings. The first kappa shape index (κ1) is 36.9. The predicted molar refractivity (Wildman–Crippen MR) is 129 cm³/mol. The van der Waals surface area contributed by atoms with Crippen LogP contribution in [0.5, 0.6) is 0 Å². The molecule has 18 nitrogen and oxygen atoms in total. The van der Waals surface area contributed by atoms with Crippen LogP contribution in [0.25, 0.3) is 0 Å². The van der Waals surface area contributed by atoms with Crippen molar-refractivity contribution in [3.63, 3.8) is 0 Å². The molecule has 11 unspecified atom stereocenters. The molecule has 0 saturated carbocycles. The van der Waals surface area contributed by atoms with E-state index in [1.807, 2.05) is 0 Å². The van der Waals surface area contributed by atoms with E-state index in [2.05, 4.69) is 15.2 Å². The fourth-order valence-electron chi connectivity index (χ4n) is 3.29. The van der Waals surface area contributed by atoms with E-state index in [0.717, 1.165) is 13.3 Å². The van der Waals surface area contributed by atoms with Gasteiger partial charge in [0.05, 0.1) is 19.3 Å². The topological polar surface area (TPSA) is 308 Å². The van der Waals surface area contributed by atoms with Gasteiger partial charge >= 0.3 is 15.2 Å². The first-order valence-electron chi connectivity index (χ1n) is 11.1. The summed E-state index contributed by atoms with van der Waals surface area (Å²) in [6.07, 6.45) is -10.3. The highest BCUT2D eigenvalue weighted by atomic mass is 31.2. The molecule has 2 amide bonds. The monoisotopic (exact) mass is 599 g/mol. The zero-order chi connectivity index (χ0) is 30.0. The Bertz CT molecular complexity index is 814. The van der Waals surface area contributed by atoms with Crippen LogP contribution < -0.4 is 16.4 Å². The zero-order valence-corrected chi connectivity index (χ0v) is 23.0. The summed E-state index contributed by atoms with van der Waals surface area (Å²) in [5, 5.41) is 61.6. The number of aliphatic hydroxyl groups excluding tert-OH is 6. The molecule has 38 heavy (non-hydrogen) atoms. The third kappa shape index (κ3) is 13.3. The van der Waals surface area contributed by atoms with Crippen LogP contribution in [-0.4, -0.2) is 140 Å². The summed E-state index contributed by atoms with van der Waals surface area (Å²) in [7, 11) is -7.96. The van der Waals surface area contributed by atoms with E-state index in [-0.39, 0.29) is 6.54 Å². The Kier molecular flexibility index (Phi) is 15.8. The van der Waals surface area contributed by atoms with Gasteiger partial charge < -0.3 is 61.5 Å². The number of nitrogens with one attached hydrogen (secondary N) is 2. The second-order valence-electron chi connectivity index (χ2n) is 8.49. The van der Waals surface area contributed by atoms with Crippen LogP contribution in [0.3, 0.4) is 0 Å². The van der Waals surface area contributed by atoms with E-state index in [1.54, 1.807) is 0 Å². The maximum atomic E-state index is 11.2. The Morgan fingerprint density at radius 3 is 1.97 bits per heavy atom. The SMILES string of the molecule is CC(=O)NC(CN)C(O)C(OP(C)(=O)O)C(O)CO.CC(=O)NC1C(O)OC(CO)C(OP(C)(=O)O)C1O. The first-order valence-corrected chi connectivity index (χ1v) is 15.1. The molecule has 12 N–H and O–H groups in total. The Morgan fingerprint density at radius 1 is 1.05 bits per heavy atom. The van der Waals surface area contributed by atoms with Gasteiger partial charge in [-0.2, -0.15) is 0 Å². The van der Waals surface area contributed by atoms with Crippen molar-refractivity contribution in [2.45, 2.75) is 68.8 Å². The van der Waals surface area contributed by atoms with Gasteiger partial charge in [-0.25, -0.2) is 0 Å². The van der Waals surface area contributed by atoms with Gasteiger partial charge in [0, 0.05) is 33.7 Å². The number of amides is 2. The van der Waals surface area contributed by atoms with Crippen LogP contribution in [-0.2, 0) is 32.5 Å². The lowest BCUT2D eigenvalue weighted by atomic mass is 9.97. The lowest BCUT2D eigenvalue weighted by Crippen LogP contribution is -2.64. The highest BCUT2D eigenvalue weighted by molar-refractivity contribution is 7.52. The van der Waals surface area contributed by atoms with Crippen molar-refractivity contribution in [2.24, 2.45) is 5.73 Å². The molecule has 11 atom stereocenters. The molecule has 1 aliphatic heterocycles. The molecule has 1 heterocycles. The zero-order valence-electron chi connectivity index (χ0n) is 21.2. The van der Waals surface area contributed by atoms with Crippen LogP contribution in [0, 0.1) is 0 Å². The van der Waals surface area contributed by atoms with Gasteiger partial charge in [-0.05, 0) is 0 Å². The molecule has 0 aliphatic carbocycles. The number of carbonyl (C=O) groups excluding carboxylic acids is 2. The minimum atomic E-state index is -4.01. The summed E-state index contributed by atoms with van der Waals surface area (Å²) in [5.41, 5.74) is 5.36. The lowest BCUT2D eigenvalue weighted by Gasteiger charge is -2.42. The third-order valence-electron chi connectivity index (χ3n) is 4.83. The molecule has 0 aromatic heterocycles. The molecule has 1 aliphatic rings. The van der Waals surface area contributed by atoms with Gasteiger partial charge in [-0.15, -0.1) is 0 Å². The van der Waals surface area contributed by atoms with E-state index >= 15 is 0 Å². The van der Waals surface area contributed by atoms with E-state index in [4.69, 9.17) is 30.1 Å². The molecule has 20 heteroatoms. The maximum Gasteiger partial charge on any atom is 0.325 e. The fraction of sp³-hybridized carbons (Fsp3) is 0.889. The van der Waals surface area contributed by atoms with Gasteiger partial charge in [0.1, 0.15) is 42.7 Å². The lowest BCUT2D eigenvalue weighted by molar-refractivity contribution is -0.249. The van der Waals surface area contributed by atoms with Crippen LogP contribution >= 0.6 is 15.2 Å². The van der Waals surface area contributed by atoms with Crippen molar-refractivity contribution in [3.8, 4) is 0 Å². The summed E-state index contributed by atoms with van der Waals surface area (Å²) in [5.74, 6) is -1.01. The number of aliphatic hydroxyl groups is 6. The minimum Gasteiger partial charge on any atom is -0.394 e. The normalized spacial score (nSPS) is 29.8. The van der Waals surface area contributed by atoms with E-state index in [0.29, 0.717) is 0 Å². The van der Waals surface area contributed by atoms with Gasteiger partial charge in [0.15, 0.2) is 6.29 Å². The summed E-state index contributed by atoms with van der Waals surface area (Å²) >= 11 is 0. The van der Waals surface area contributed by atoms with Gasteiger partial charge in [-0.1, -0.05) is 0 Å². The molecular weight excluding hydrogens is 560 g/mol. The number of ether oxygens (including phenoxy) is 1. The Labute approximate surface area is 218 Å². The summed E-state index contributed by atoms with van der Waals surface area (Å²) in [6, 6.07) is -2.22. The Morgan fingerprint density at radius 2 is 1.61 bits per heavy atom. The van der Waals surface area contributed by atoms with Crippen LogP contribution in [0.2, 0.25) is 0 Å². The second-order valence-corrected chi connectivity index (χ2v) is 12.1. The predicted octanol–water partition coefficient (Wildman–Crippen LogP) is -4.87. The number of hydrogen-bond acceptors (Lipinski definition) is 14. The average molecular weight is 599 g/mol. The van der Waals surface area contributed by atoms with Gasteiger partial charge in [0.2, 0.25) is 11.8 Å². The van der Waals surface area contributed by atoms with Crippen molar-refractivity contribution in [3.05, 3.63) is 0 Å². The number of rotatable bonds is 12. The molecule has 0 spiro atoms. The quantitative estimate of drug-likeness (QED) is 0.0937. The molecular formula is C18H39N3O15P2. The Balaban J connectivity index is 0.000000721. The Hall–Kier alpha value is -1.08. The van der Waals surface area contributed by atoms with Crippen LogP contribution in [0.1, 0.15) is 13.8 Å². The highest BCUT2D eigenvalue weighted by Crippen LogP contribution is 2.42. The average Bonchev–Trinajstić information content (AvgIpc) is 2.78. The molecule has 226 valence electrons. The van der Waals surface area contributed by atoms with E-state index < -0.39 is 95.2 Å². The standard InChI is InChI=1S/C9H21N2O7P.C9H18NO8P/c1-5(13)11-6(3-10)8(15)9(7(14)4-12)18-19(2,16)17;1-4(12)10-6-7(13)8(18-19(2,15)16)5(3-11)17-9(6)14/h6-9,12,14-15H,3-4,10H2,1-2H3,(H,11,13)(H,16,17);5-9,11,13-14H,3H2,1-2H3,(H,10,12)(H,15,16). The van der Waals surface area contributed by atoms with E-state index in [9.17, 15) is 44.0 Å². The fourth-order valence-corrected chi connectivity index (χ4v) is 4.72. The van der Waals surface area contributed by atoms with Crippen molar-refractivity contribution in [1.82, 2.24) is 10.6 Å². The number of hydrogen-bond donors (Lipinski definition) is 11. The summed E-state index contributed by atoms with van der Waals surface area (Å²) in [6.45, 7) is 2.54. The van der Waals surface area contributed by atoms with Crippen molar-refractivity contribution in [1.29, 1.82) is 0 Å². The van der Waals surface area contributed by atoms with Crippen molar-refractivity contribution >= 4 is 27.0 Å². The largest absolute Gasteiger partial charge is 0.394 e. The summed E-state index contributed by atoms with van der Waals surface area (Å²) in [4.78, 5) is 40.2. The van der Waals surface area contributed by atoms with Gasteiger partial charge in [0.25, 0.3) is 0 Å². The molecule has 0 aromatic rings. The molecule has 0 bridgehead atoms. The van der Waals surface area contributed by atoms with Gasteiger partial charge in [-0.3, -0.25) is 27.8 Å². The first-order chi connectivity index (χ1) is 17.3. The minimum absolute atomic E-state index is 0.182. The summed E-state index contributed by atoms with van der Waals surface area (Å²) < 4.78 is 36.8. The highest BCUT2D eigenvalue weighted by Gasteiger charge is 2.47. The van der Waals surface area contributed by atoms with Crippen molar-refractivity contribution in [2.75, 3.05) is 33.1 Å². The molecule has 1 saturated heterocycles. The van der Waals surface area contributed by atoms with Crippen LogP contribution in [0.15, 0.2) is 0 Å². The molecule has 1 rings (SSSR count). The molecule has 0 aromatic carbocycles. The number of carbonyl (C=O) groups is 2. The van der Waals surface area contributed by atoms with E-state index in [1.165, 1.54) is 13.8 Å². The second kappa shape index (κ2) is 16.2. The smallest absolute Gasteiger partial charge is 0.325 e. The maximum absolute atomic E-state index is 11.2.